The van der Waals surface area contributed by atoms with Crippen LogP contribution >= 0.6 is 0 Å². The molecule has 1 aromatic rings. The number of piperidine rings is 1. The molecule has 1 atom stereocenters. The number of hydrogen-bond acceptors (Lipinski definition) is 3. The Morgan fingerprint density at radius 3 is 2.59 bits per heavy atom. The summed E-state index contributed by atoms with van der Waals surface area (Å²) in [7, 11) is 0. The van der Waals surface area contributed by atoms with E-state index in [2.05, 4.69) is 0 Å². The van der Waals surface area contributed by atoms with E-state index in [0.29, 0.717) is 44.1 Å². The number of benzene rings is 1. The van der Waals surface area contributed by atoms with Gasteiger partial charge in [0.15, 0.2) is 0 Å². The number of halogens is 1. The number of nitrogens with zero attached hydrogens (tertiary/aromatic N) is 2. The summed E-state index contributed by atoms with van der Waals surface area (Å²) in [5, 5.41) is 0. The number of likely N-dealkylation sites (tertiary alicyclic amines) is 2. The molecule has 3 aliphatic rings. The van der Waals surface area contributed by atoms with Crippen LogP contribution in [0.15, 0.2) is 24.3 Å². The molecule has 1 aromatic carbocycles. The predicted molar refractivity (Wildman–Crippen MR) is 98.3 cm³/mol. The summed E-state index contributed by atoms with van der Waals surface area (Å²) in [4.78, 5) is 28.8. The largest absolute Gasteiger partial charge is 0.370 e. The first-order chi connectivity index (χ1) is 13.1. The number of amides is 2. The first-order valence-corrected chi connectivity index (χ1v) is 10.0. The molecule has 0 radical (unpaired) electrons. The molecule has 2 saturated heterocycles. The van der Waals surface area contributed by atoms with Crippen molar-refractivity contribution in [2.45, 2.75) is 57.3 Å². The zero-order valence-electron chi connectivity index (χ0n) is 15.6. The van der Waals surface area contributed by atoms with Gasteiger partial charge in [0.1, 0.15) is 5.82 Å². The van der Waals surface area contributed by atoms with E-state index in [4.69, 9.17) is 4.74 Å². The molecule has 6 heteroatoms. The minimum atomic E-state index is -0.261. The fourth-order valence-electron chi connectivity index (χ4n) is 4.45. The Labute approximate surface area is 159 Å². The van der Waals surface area contributed by atoms with Crippen LogP contribution in [0.5, 0.6) is 0 Å². The molecule has 1 unspecified atom stereocenters. The first kappa shape index (κ1) is 18.4. The van der Waals surface area contributed by atoms with Gasteiger partial charge in [0.25, 0.3) is 0 Å². The van der Waals surface area contributed by atoms with E-state index in [0.717, 1.165) is 12.8 Å². The lowest BCUT2D eigenvalue weighted by molar-refractivity contribution is -0.155. The van der Waals surface area contributed by atoms with E-state index in [9.17, 15) is 14.0 Å². The van der Waals surface area contributed by atoms with Crippen LogP contribution in [-0.4, -0.2) is 53.4 Å². The molecule has 27 heavy (non-hydrogen) atoms. The molecule has 1 aliphatic carbocycles. The fraction of sp³-hybridized carbons (Fsp3) is 0.619. The van der Waals surface area contributed by atoms with Gasteiger partial charge in [-0.05, 0) is 25.3 Å². The third-order valence-corrected chi connectivity index (χ3v) is 6.15. The van der Waals surface area contributed by atoms with Gasteiger partial charge in [-0.2, -0.15) is 0 Å². The highest BCUT2D eigenvalue weighted by molar-refractivity contribution is 5.84. The molecule has 5 nitrogen and oxygen atoms in total. The van der Waals surface area contributed by atoms with E-state index in [1.165, 1.54) is 18.9 Å². The van der Waals surface area contributed by atoms with E-state index in [-0.39, 0.29) is 36.3 Å². The molecular formula is C21H27FN2O3. The maximum Gasteiger partial charge on any atom is 0.227 e. The van der Waals surface area contributed by atoms with Crippen molar-refractivity contribution in [3.63, 3.8) is 0 Å². The molecule has 2 aliphatic heterocycles. The molecular weight excluding hydrogens is 347 g/mol. The van der Waals surface area contributed by atoms with Crippen molar-refractivity contribution in [3.8, 4) is 0 Å². The molecule has 0 N–H and O–H groups in total. The van der Waals surface area contributed by atoms with Crippen LogP contribution in [0, 0.1) is 11.7 Å². The average molecular weight is 374 g/mol. The fourth-order valence-corrected chi connectivity index (χ4v) is 4.45. The van der Waals surface area contributed by atoms with Crippen LogP contribution in [0.25, 0.3) is 0 Å². The monoisotopic (exact) mass is 374 g/mol. The number of ether oxygens (including phenoxy) is 1. The van der Waals surface area contributed by atoms with Crippen molar-refractivity contribution >= 4 is 11.8 Å². The quantitative estimate of drug-likeness (QED) is 0.796. The van der Waals surface area contributed by atoms with E-state index < -0.39 is 0 Å². The molecule has 4 rings (SSSR count). The molecule has 0 spiro atoms. The van der Waals surface area contributed by atoms with Gasteiger partial charge in [0.2, 0.25) is 11.8 Å². The maximum absolute atomic E-state index is 13.6. The minimum absolute atomic E-state index is 0.0373. The van der Waals surface area contributed by atoms with E-state index >= 15 is 0 Å². The molecule has 2 heterocycles. The SMILES string of the molecule is O=C(C1CCC(=O)N(C2CCCC2)C1)N1CC(OCc2ccccc2F)C1. The molecule has 3 fully saturated rings. The number of carbonyl (C=O) groups excluding carboxylic acids is 2. The highest BCUT2D eigenvalue weighted by Crippen LogP contribution is 2.30. The Morgan fingerprint density at radius 1 is 1.11 bits per heavy atom. The third kappa shape index (κ3) is 4.00. The smallest absolute Gasteiger partial charge is 0.227 e. The molecule has 0 aromatic heterocycles. The van der Waals surface area contributed by atoms with Crippen LogP contribution in [0.3, 0.4) is 0 Å². The second kappa shape index (κ2) is 7.97. The van der Waals surface area contributed by atoms with Gasteiger partial charge in [-0.25, -0.2) is 4.39 Å². The van der Waals surface area contributed by atoms with Gasteiger partial charge in [-0.1, -0.05) is 31.0 Å². The second-order valence-electron chi connectivity index (χ2n) is 7.99. The van der Waals surface area contributed by atoms with Crippen molar-refractivity contribution in [2.75, 3.05) is 19.6 Å². The van der Waals surface area contributed by atoms with Crippen molar-refractivity contribution < 1.29 is 18.7 Å². The van der Waals surface area contributed by atoms with Gasteiger partial charge in [0.05, 0.1) is 18.6 Å². The summed E-state index contributed by atoms with van der Waals surface area (Å²) in [5.41, 5.74) is 0.542. The van der Waals surface area contributed by atoms with Gasteiger partial charge in [0, 0.05) is 37.7 Å². The number of rotatable bonds is 5. The lowest BCUT2D eigenvalue weighted by Crippen LogP contribution is -2.58. The summed E-state index contributed by atoms with van der Waals surface area (Å²) in [6, 6.07) is 6.93. The third-order valence-electron chi connectivity index (χ3n) is 6.15. The van der Waals surface area contributed by atoms with E-state index in [1.807, 2.05) is 9.80 Å². The van der Waals surface area contributed by atoms with Gasteiger partial charge in [-0.3, -0.25) is 9.59 Å². The normalized spacial score (nSPS) is 24.3. The Kier molecular flexibility index (Phi) is 5.43. The van der Waals surface area contributed by atoms with Crippen molar-refractivity contribution in [1.82, 2.24) is 9.80 Å². The molecule has 146 valence electrons. The van der Waals surface area contributed by atoms with E-state index in [1.54, 1.807) is 18.2 Å². The van der Waals surface area contributed by atoms with Crippen LogP contribution in [-0.2, 0) is 20.9 Å². The highest BCUT2D eigenvalue weighted by atomic mass is 19.1. The van der Waals surface area contributed by atoms with Gasteiger partial charge in [-0.15, -0.1) is 0 Å². The zero-order valence-corrected chi connectivity index (χ0v) is 15.6. The standard InChI is InChI=1S/C21H27FN2O3/c22-19-8-4-1-5-16(19)14-27-18-12-23(13-18)21(26)15-9-10-20(25)24(11-15)17-6-2-3-7-17/h1,4-5,8,15,17-18H,2-3,6-7,9-14H2. The summed E-state index contributed by atoms with van der Waals surface area (Å²) >= 11 is 0. The predicted octanol–water partition coefficient (Wildman–Crippen LogP) is 2.73. The molecule has 2 amide bonds. The lowest BCUT2D eigenvalue weighted by Gasteiger charge is -2.43. The molecule has 1 saturated carbocycles. The van der Waals surface area contributed by atoms with Crippen LogP contribution in [0.4, 0.5) is 4.39 Å². The van der Waals surface area contributed by atoms with Crippen LogP contribution in [0.2, 0.25) is 0 Å². The topological polar surface area (TPSA) is 49.9 Å². The first-order valence-electron chi connectivity index (χ1n) is 10.0. The summed E-state index contributed by atoms with van der Waals surface area (Å²) < 4.78 is 19.4. The van der Waals surface area contributed by atoms with Crippen molar-refractivity contribution in [1.29, 1.82) is 0 Å². The van der Waals surface area contributed by atoms with Crippen LogP contribution in [0.1, 0.15) is 44.1 Å². The highest BCUT2D eigenvalue weighted by Gasteiger charge is 2.40. The maximum atomic E-state index is 13.6. The Morgan fingerprint density at radius 2 is 1.85 bits per heavy atom. The molecule has 0 bridgehead atoms. The average Bonchev–Trinajstić information content (AvgIpc) is 3.16. The van der Waals surface area contributed by atoms with Gasteiger partial charge >= 0.3 is 0 Å². The number of hydrogen-bond donors (Lipinski definition) is 0. The number of carbonyl (C=O) groups is 2. The summed E-state index contributed by atoms with van der Waals surface area (Å²) in [5.74, 6) is -0.00338. The Hall–Kier alpha value is -1.95. The summed E-state index contributed by atoms with van der Waals surface area (Å²) in [6.45, 7) is 1.91. The van der Waals surface area contributed by atoms with Gasteiger partial charge < -0.3 is 14.5 Å². The van der Waals surface area contributed by atoms with Crippen LogP contribution < -0.4 is 0 Å². The minimum Gasteiger partial charge on any atom is -0.370 e. The summed E-state index contributed by atoms with van der Waals surface area (Å²) in [6.07, 6.45) is 5.60. The zero-order chi connectivity index (χ0) is 18.8. The van der Waals surface area contributed by atoms with Crippen molar-refractivity contribution in [3.05, 3.63) is 35.6 Å². The Bertz CT molecular complexity index is 698. The Balaban J connectivity index is 1.25. The van der Waals surface area contributed by atoms with Crippen molar-refractivity contribution in [2.24, 2.45) is 5.92 Å². The lowest BCUT2D eigenvalue weighted by atomic mass is 9.93. The second-order valence-corrected chi connectivity index (χ2v) is 7.99.